The first-order valence-corrected chi connectivity index (χ1v) is 6.70. The van der Waals surface area contributed by atoms with Gasteiger partial charge in [-0.15, -0.1) is 0 Å². The first-order chi connectivity index (χ1) is 8.81. The van der Waals surface area contributed by atoms with Crippen molar-refractivity contribution in [3.63, 3.8) is 0 Å². The molecule has 0 saturated carbocycles. The van der Waals surface area contributed by atoms with Gasteiger partial charge in [0.1, 0.15) is 0 Å². The summed E-state index contributed by atoms with van der Waals surface area (Å²) in [6.45, 7) is 4.97. The number of nitrogens with one attached hydrogen (secondary N) is 1. The van der Waals surface area contributed by atoms with Crippen LogP contribution in [0.5, 0.6) is 0 Å². The molecule has 1 aromatic rings. The van der Waals surface area contributed by atoms with Crippen LogP contribution in [0, 0.1) is 0 Å². The monoisotopic (exact) mass is 270 g/mol. The quantitative estimate of drug-likeness (QED) is 0.884. The van der Waals surface area contributed by atoms with E-state index in [1.807, 2.05) is 6.07 Å². The second-order valence-electron chi connectivity index (χ2n) is 4.32. The number of rotatable bonds is 5. The highest BCUT2D eigenvalue weighted by molar-refractivity contribution is 6.31. The van der Waals surface area contributed by atoms with Crippen molar-refractivity contribution in [1.29, 1.82) is 0 Å². The molecule has 1 saturated heterocycles. The number of aromatic nitrogens is 1. The smallest absolute Gasteiger partial charge is 0.0965 e. The summed E-state index contributed by atoms with van der Waals surface area (Å²) >= 11 is 6.15. The second kappa shape index (κ2) is 7.04. The van der Waals surface area contributed by atoms with Crippen LogP contribution in [0.4, 0.5) is 0 Å². The zero-order valence-electron chi connectivity index (χ0n) is 10.6. The van der Waals surface area contributed by atoms with Gasteiger partial charge in [0.05, 0.1) is 30.9 Å². The van der Waals surface area contributed by atoms with E-state index < -0.39 is 0 Å². The van der Waals surface area contributed by atoms with E-state index in [9.17, 15) is 0 Å². The van der Waals surface area contributed by atoms with Crippen molar-refractivity contribution in [3.05, 3.63) is 29.0 Å². The fourth-order valence-corrected chi connectivity index (χ4v) is 2.34. The van der Waals surface area contributed by atoms with E-state index in [2.05, 4.69) is 17.2 Å². The van der Waals surface area contributed by atoms with Crippen molar-refractivity contribution >= 4 is 11.6 Å². The van der Waals surface area contributed by atoms with Gasteiger partial charge in [0.25, 0.3) is 0 Å². The number of pyridine rings is 1. The Hall–Kier alpha value is -0.680. The van der Waals surface area contributed by atoms with Gasteiger partial charge in [-0.2, -0.15) is 0 Å². The normalized spacial score (nSPS) is 21.8. The Morgan fingerprint density at radius 2 is 2.44 bits per heavy atom. The Labute approximate surface area is 113 Å². The van der Waals surface area contributed by atoms with E-state index in [1.165, 1.54) is 0 Å². The van der Waals surface area contributed by atoms with Gasteiger partial charge in [0.2, 0.25) is 0 Å². The van der Waals surface area contributed by atoms with E-state index in [-0.39, 0.29) is 12.1 Å². The number of ether oxygens (including phenoxy) is 2. The lowest BCUT2D eigenvalue weighted by Gasteiger charge is -2.31. The number of hydrogen-bond donors (Lipinski definition) is 1. The van der Waals surface area contributed by atoms with Crippen molar-refractivity contribution in [3.8, 4) is 0 Å². The number of likely N-dealkylation sites (N-methyl/N-ethyl adjacent to an activating group) is 1. The standard InChI is InChI=1S/C13H19ClN2O2/c1-2-16-12(13-9-17-5-6-18-13)7-10-3-4-15-8-11(10)14/h3-4,8,12-13,16H,2,5-7,9H2,1H3. The maximum atomic E-state index is 6.15. The van der Waals surface area contributed by atoms with Crippen molar-refractivity contribution < 1.29 is 9.47 Å². The highest BCUT2D eigenvalue weighted by Crippen LogP contribution is 2.18. The summed E-state index contributed by atoms with van der Waals surface area (Å²) in [6.07, 6.45) is 4.35. The molecule has 1 aliphatic rings. The molecule has 1 aliphatic heterocycles. The molecule has 5 heteroatoms. The van der Waals surface area contributed by atoms with Crippen LogP contribution in [0.25, 0.3) is 0 Å². The molecule has 18 heavy (non-hydrogen) atoms. The molecule has 0 bridgehead atoms. The summed E-state index contributed by atoms with van der Waals surface area (Å²) in [4.78, 5) is 4.00. The minimum Gasteiger partial charge on any atom is -0.376 e. The third kappa shape index (κ3) is 3.65. The largest absolute Gasteiger partial charge is 0.376 e. The predicted molar refractivity (Wildman–Crippen MR) is 71.0 cm³/mol. The van der Waals surface area contributed by atoms with Crippen LogP contribution < -0.4 is 5.32 Å². The van der Waals surface area contributed by atoms with Gasteiger partial charge in [-0.3, -0.25) is 4.98 Å². The summed E-state index contributed by atoms with van der Waals surface area (Å²) in [5, 5.41) is 4.15. The third-order valence-electron chi connectivity index (χ3n) is 3.05. The fraction of sp³-hybridized carbons (Fsp3) is 0.615. The van der Waals surface area contributed by atoms with Gasteiger partial charge < -0.3 is 14.8 Å². The molecule has 2 unspecified atom stereocenters. The minimum absolute atomic E-state index is 0.0860. The molecule has 0 aromatic carbocycles. The van der Waals surface area contributed by atoms with Gasteiger partial charge in [-0.05, 0) is 24.6 Å². The summed E-state index contributed by atoms with van der Waals surface area (Å²) in [6, 6.07) is 2.17. The highest BCUT2D eigenvalue weighted by atomic mass is 35.5. The summed E-state index contributed by atoms with van der Waals surface area (Å²) < 4.78 is 11.2. The molecule has 100 valence electrons. The lowest BCUT2D eigenvalue weighted by molar-refractivity contribution is -0.101. The topological polar surface area (TPSA) is 43.4 Å². The van der Waals surface area contributed by atoms with E-state index in [0.29, 0.717) is 24.8 Å². The molecule has 1 fully saturated rings. The summed E-state index contributed by atoms with van der Waals surface area (Å²) in [5.74, 6) is 0. The molecule has 4 nitrogen and oxygen atoms in total. The molecule has 0 spiro atoms. The predicted octanol–water partition coefficient (Wildman–Crippen LogP) is 1.67. The summed E-state index contributed by atoms with van der Waals surface area (Å²) in [5.41, 5.74) is 1.09. The Bertz CT molecular complexity index is 370. The van der Waals surface area contributed by atoms with Crippen molar-refractivity contribution in [2.45, 2.75) is 25.5 Å². The minimum atomic E-state index is 0.0860. The molecule has 1 N–H and O–H groups in total. The molecule has 0 amide bonds. The van der Waals surface area contributed by atoms with Gasteiger partial charge in [-0.1, -0.05) is 18.5 Å². The molecular weight excluding hydrogens is 252 g/mol. The average molecular weight is 271 g/mol. The molecule has 0 aliphatic carbocycles. The zero-order chi connectivity index (χ0) is 12.8. The van der Waals surface area contributed by atoms with Crippen molar-refractivity contribution in [2.75, 3.05) is 26.4 Å². The molecule has 2 rings (SSSR count). The Balaban J connectivity index is 2.03. The van der Waals surface area contributed by atoms with Crippen LogP contribution in [-0.2, 0) is 15.9 Å². The third-order valence-corrected chi connectivity index (χ3v) is 3.39. The van der Waals surface area contributed by atoms with E-state index in [0.717, 1.165) is 18.5 Å². The molecule has 2 atom stereocenters. The first-order valence-electron chi connectivity index (χ1n) is 6.32. The lowest BCUT2D eigenvalue weighted by Crippen LogP contribution is -2.47. The second-order valence-corrected chi connectivity index (χ2v) is 4.73. The SMILES string of the molecule is CCNC(Cc1ccncc1Cl)C1COCCO1. The van der Waals surface area contributed by atoms with Gasteiger partial charge in [0.15, 0.2) is 0 Å². The highest BCUT2D eigenvalue weighted by Gasteiger charge is 2.25. The van der Waals surface area contributed by atoms with Gasteiger partial charge in [0, 0.05) is 18.4 Å². The van der Waals surface area contributed by atoms with Crippen LogP contribution in [0.15, 0.2) is 18.5 Å². The lowest BCUT2D eigenvalue weighted by atomic mass is 10.0. The zero-order valence-corrected chi connectivity index (χ0v) is 11.3. The van der Waals surface area contributed by atoms with E-state index in [4.69, 9.17) is 21.1 Å². The molecule has 1 aromatic heterocycles. The van der Waals surface area contributed by atoms with Crippen LogP contribution >= 0.6 is 11.6 Å². The Morgan fingerprint density at radius 1 is 1.56 bits per heavy atom. The van der Waals surface area contributed by atoms with Crippen LogP contribution in [0.3, 0.4) is 0 Å². The van der Waals surface area contributed by atoms with Gasteiger partial charge in [-0.25, -0.2) is 0 Å². The maximum absolute atomic E-state index is 6.15. The Morgan fingerprint density at radius 3 is 3.11 bits per heavy atom. The molecular formula is C13H19ClN2O2. The van der Waals surface area contributed by atoms with E-state index >= 15 is 0 Å². The molecule has 0 radical (unpaired) electrons. The number of halogens is 1. The number of nitrogens with zero attached hydrogens (tertiary/aromatic N) is 1. The van der Waals surface area contributed by atoms with Crippen LogP contribution in [-0.4, -0.2) is 43.5 Å². The Kier molecular flexibility index (Phi) is 5.38. The van der Waals surface area contributed by atoms with Crippen molar-refractivity contribution in [2.24, 2.45) is 0 Å². The van der Waals surface area contributed by atoms with E-state index in [1.54, 1.807) is 12.4 Å². The van der Waals surface area contributed by atoms with Crippen LogP contribution in [0.2, 0.25) is 5.02 Å². The fourth-order valence-electron chi connectivity index (χ4n) is 2.14. The maximum Gasteiger partial charge on any atom is 0.0965 e. The number of hydrogen-bond acceptors (Lipinski definition) is 4. The summed E-state index contributed by atoms with van der Waals surface area (Å²) in [7, 11) is 0. The first kappa shape index (κ1) is 13.7. The van der Waals surface area contributed by atoms with Gasteiger partial charge >= 0.3 is 0 Å². The van der Waals surface area contributed by atoms with Crippen LogP contribution in [0.1, 0.15) is 12.5 Å². The van der Waals surface area contributed by atoms with Crippen molar-refractivity contribution in [1.82, 2.24) is 10.3 Å². The molecule has 2 heterocycles. The average Bonchev–Trinajstić information content (AvgIpc) is 2.42.